The number of fused-ring (bicyclic) bond motifs is 1. The van der Waals surface area contributed by atoms with E-state index in [1.165, 1.54) is 6.07 Å². The van der Waals surface area contributed by atoms with Gasteiger partial charge in [-0.15, -0.1) is 0 Å². The topological polar surface area (TPSA) is 86.4 Å². The summed E-state index contributed by atoms with van der Waals surface area (Å²) in [5.74, 6) is 0.695. The third kappa shape index (κ3) is 3.50. The van der Waals surface area contributed by atoms with Crippen molar-refractivity contribution < 1.29 is 13.9 Å². The molecule has 7 nitrogen and oxygen atoms in total. The van der Waals surface area contributed by atoms with Gasteiger partial charge in [0.15, 0.2) is 11.2 Å². The van der Waals surface area contributed by atoms with E-state index in [0.717, 1.165) is 11.3 Å². The Bertz CT molecular complexity index is 1190. The van der Waals surface area contributed by atoms with E-state index < -0.39 is 5.91 Å². The van der Waals surface area contributed by atoms with Crippen molar-refractivity contribution in [3.8, 4) is 5.75 Å². The van der Waals surface area contributed by atoms with E-state index in [0.29, 0.717) is 23.3 Å². The van der Waals surface area contributed by atoms with Crippen LogP contribution in [0, 0.1) is 0 Å². The van der Waals surface area contributed by atoms with E-state index in [1.54, 1.807) is 48.3 Å². The number of carbonyl (C=O) groups excluding carboxylic acids is 1. The molecule has 2 heterocycles. The van der Waals surface area contributed by atoms with Gasteiger partial charge in [0.1, 0.15) is 17.2 Å². The average Bonchev–Trinajstić information content (AvgIpc) is 3.15. The molecule has 0 bridgehead atoms. The maximum Gasteiger partial charge on any atom is 0.292 e. The molecule has 0 aliphatic carbocycles. The van der Waals surface area contributed by atoms with Crippen molar-refractivity contribution in [2.75, 3.05) is 12.4 Å². The SMILES string of the molecule is COc1ccc(Cn2nccc2NC(=O)c2cc(=O)c3ccccc3o2)cc1. The minimum atomic E-state index is -0.515. The number of nitrogens with one attached hydrogen (secondary N) is 1. The van der Waals surface area contributed by atoms with Gasteiger partial charge >= 0.3 is 0 Å². The minimum Gasteiger partial charge on any atom is -0.497 e. The highest BCUT2D eigenvalue weighted by atomic mass is 16.5. The number of carbonyl (C=O) groups is 1. The van der Waals surface area contributed by atoms with Gasteiger partial charge in [-0.1, -0.05) is 24.3 Å². The predicted octanol–water partition coefficient (Wildman–Crippen LogP) is 3.30. The maximum absolute atomic E-state index is 12.6. The molecule has 0 radical (unpaired) electrons. The summed E-state index contributed by atoms with van der Waals surface area (Å²) >= 11 is 0. The Labute approximate surface area is 160 Å². The molecule has 0 saturated heterocycles. The quantitative estimate of drug-likeness (QED) is 0.578. The Balaban J connectivity index is 1.56. The van der Waals surface area contributed by atoms with Crippen LogP contribution in [0.25, 0.3) is 11.0 Å². The Morgan fingerprint density at radius 1 is 1.14 bits per heavy atom. The lowest BCUT2D eigenvalue weighted by Crippen LogP contribution is -2.18. The number of ether oxygens (including phenoxy) is 1. The monoisotopic (exact) mass is 375 g/mol. The zero-order valence-electron chi connectivity index (χ0n) is 15.1. The first-order valence-electron chi connectivity index (χ1n) is 8.63. The number of methoxy groups -OCH3 is 1. The maximum atomic E-state index is 12.6. The second-order valence-electron chi connectivity index (χ2n) is 6.15. The first kappa shape index (κ1) is 17.5. The van der Waals surface area contributed by atoms with Crippen LogP contribution in [0.1, 0.15) is 16.1 Å². The first-order chi connectivity index (χ1) is 13.6. The van der Waals surface area contributed by atoms with Crippen LogP contribution in [0.3, 0.4) is 0 Å². The molecule has 0 fully saturated rings. The zero-order valence-corrected chi connectivity index (χ0v) is 15.1. The minimum absolute atomic E-state index is 0.0547. The Hall–Kier alpha value is -3.87. The summed E-state index contributed by atoms with van der Waals surface area (Å²) < 4.78 is 12.4. The average molecular weight is 375 g/mol. The van der Waals surface area contributed by atoms with Crippen molar-refractivity contribution >= 4 is 22.7 Å². The molecule has 2 aromatic carbocycles. The number of amides is 1. The molecule has 4 rings (SSSR count). The summed E-state index contributed by atoms with van der Waals surface area (Å²) in [4.78, 5) is 24.8. The molecular weight excluding hydrogens is 358 g/mol. The van der Waals surface area contributed by atoms with E-state index >= 15 is 0 Å². The van der Waals surface area contributed by atoms with Crippen LogP contribution >= 0.6 is 0 Å². The number of benzene rings is 2. The first-order valence-corrected chi connectivity index (χ1v) is 8.63. The van der Waals surface area contributed by atoms with Crippen molar-refractivity contribution in [1.29, 1.82) is 0 Å². The van der Waals surface area contributed by atoms with Crippen LogP contribution in [0.4, 0.5) is 5.82 Å². The summed E-state index contributed by atoms with van der Waals surface area (Å²) in [5.41, 5.74) is 1.10. The fourth-order valence-corrected chi connectivity index (χ4v) is 2.86. The molecular formula is C21H17N3O4. The highest BCUT2D eigenvalue weighted by Crippen LogP contribution is 2.16. The third-order valence-corrected chi connectivity index (χ3v) is 4.31. The van der Waals surface area contributed by atoms with Gasteiger partial charge in [-0.05, 0) is 29.8 Å². The molecule has 0 unspecified atom stereocenters. The number of hydrogen-bond donors (Lipinski definition) is 1. The van der Waals surface area contributed by atoms with Gasteiger partial charge in [0, 0.05) is 12.1 Å². The lowest BCUT2D eigenvalue weighted by atomic mass is 10.2. The van der Waals surface area contributed by atoms with Crippen LogP contribution < -0.4 is 15.5 Å². The van der Waals surface area contributed by atoms with Gasteiger partial charge in [-0.25, -0.2) is 4.68 Å². The van der Waals surface area contributed by atoms with Gasteiger partial charge in [-0.3, -0.25) is 9.59 Å². The fourth-order valence-electron chi connectivity index (χ4n) is 2.86. The molecule has 0 atom stereocenters. The van der Waals surface area contributed by atoms with E-state index in [4.69, 9.17) is 9.15 Å². The van der Waals surface area contributed by atoms with Crippen LogP contribution in [0.2, 0.25) is 0 Å². The molecule has 1 amide bonds. The van der Waals surface area contributed by atoms with E-state index in [9.17, 15) is 9.59 Å². The number of aromatic nitrogens is 2. The van der Waals surface area contributed by atoms with Crippen LogP contribution in [-0.4, -0.2) is 22.8 Å². The van der Waals surface area contributed by atoms with Crippen molar-refractivity contribution in [1.82, 2.24) is 9.78 Å². The molecule has 140 valence electrons. The Morgan fingerprint density at radius 3 is 2.71 bits per heavy atom. The van der Waals surface area contributed by atoms with Crippen LogP contribution in [0.5, 0.6) is 5.75 Å². The predicted molar refractivity (Wildman–Crippen MR) is 105 cm³/mol. The smallest absolute Gasteiger partial charge is 0.292 e. The highest BCUT2D eigenvalue weighted by Gasteiger charge is 2.14. The number of rotatable bonds is 5. The van der Waals surface area contributed by atoms with Crippen molar-refractivity contribution in [3.05, 3.63) is 88.4 Å². The molecule has 0 spiro atoms. The second kappa shape index (κ2) is 7.40. The van der Waals surface area contributed by atoms with Gasteiger partial charge in [0.2, 0.25) is 0 Å². The lowest BCUT2D eigenvalue weighted by molar-refractivity contribution is 0.0996. The number of nitrogens with zero attached hydrogens (tertiary/aromatic N) is 2. The van der Waals surface area contributed by atoms with Gasteiger partial charge in [0.05, 0.1) is 25.2 Å². The summed E-state index contributed by atoms with van der Waals surface area (Å²) in [6.45, 7) is 0.467. The largest absolute Gasteiger partial charge is 0.497 e. The Kier molecular flexibility index (Phi) is 4.63. The molecule has 2 aromatic heterocycles. The lowest BCUT2D eigenvalue weighted by Gasteiger charge is -2.09. The van der Waals surface area contributed by atoms with Crippen LogP contribution in [0.15, 0.2) is 76.1 Å². The van der Waals surface area contributed by atoms with E-state index in [-0.39, 0.29) is 11.2 Å². The van der Waals surface area contributed by atoms with Crippen molar-refractivity contribution in [2.24, 2.45) is 0 Å². The summed E-state index contributed by atoms with van der Waals surface area (Å²) in [6.07, 6.45) is 1.59. The van der Waals surface area contributed by atoms with Crippen LogP contribution in [-0.2, 0) is 6.54 Å². The Morgan fingerprint density at radius 2 is 1.93 bits per heavy atom. The fraction of sp³-hybridized carbons (Fsp3) is 0.0952. The number of anilines is 1. The summed E-state index contributed by atoms with van der Waals surface area (Å²) in [6, 6.07) is 17.3. The number of para-hydroxylation sites is 1. The van der Waals surface area contributed by atoms with Crippen molar-refractivity contribution in [3.63, 3.8) is 0 Å². The van der Waals surface area contributed by atoms with E-state index in [2.05, 4.69) is 10.4 Å². The molecule has 4 aromatic rings. The molecule has 0 saturated carbocycles. The number of hydrogen-bond acceptors (Lipinski definition) is 5. The third-order valence-electron chi connectivity index (χ3n) is 4.31. The molecule has 7 heteroatoms. The molecule has 0 aliphatic rings. The zero-order chi connectivity index (χ0) is 19.5. The highest BCUT2D eigenvalue weighted by molar-refractivity contribution is 6.02. The van der Waals surface area contributed by atoms with Gasteiger partial charge < -0.3 is 14.5 Å². The normalized spacial score (nSPS) is 10.8. The molecule has 28 heavy (non-hydrogen) atoms. The van der Waals surface area contributed by atoms with Gasteiger partial charge in [0.25, 0.3) is 5.91 Å². The van der Waals surface area contributed by atoms with Crippen molar-refractivity contribution in [2.45, 2.75) is 6.54 Å². The van der Waals surface area contributed by atoms with Gasteiger partial charge in [-0.2, -0.15) is 5.10 Å². The van der Waals surface area contributed by atoms with E-state index in [1.807, 2.05) is 24.3 Å². The summed E-state index contributed by atoms with van der Waals surface area (Å²) in [7, 11) is 1.61. The summed E-state index contributed by atoms with van der Waals surface area (Å²) in [5, 5.41) is 7.43. The second-order valence-corrected chi connectivity index (χ2v) is 6.15. The molecule has 0 aliphatic heterocycles. The molecule has 1 N–H and O–H groups in total. The standard InChI is InChI=1S/C21H17N3O4/c1-27-15-8-6-14(7-9-15)13-24-20(10-11-22-24)23-21(26)19-12-17(25)16-4-2-3-5-18(16)28-19/h2-12H,13H2,1H3,(H,23,26).